The smallest absolute Gasteiger partial charge is 0.407 e. The molecule has 0 aromatic heterocycles. The predicted molar refractivity (Wildman–Crippen MR) is 41.3 cm³/mol. The third kappa shape index (κ3) is 7.12. The van der Waals surface area contributed by atoms with Gasteiger partial charge in [-0.1, -0.05) is 0 Å². The van der Waals surface area contributed by atoms with E-state index in [4.69, 9.17) is 9.84 Å². The van der Waals surface area contributed by atoms with Crippen LogP contribution in [0.25, 0.3) is 0 Å². The van der Waals surface area contributed by atoms with Gasteiger partial charge in [-0.2, -0.15) is 0 Å². The number of amides is 1. The summed E-state index contributed by atoms with van der Waals surface area (Å²) in [7, 11) is 0. The molecule has 0 fully saturated rings. The van der Waals surface area contributed by atoms with Gasteiger partial charge in [0.1, 0.15) is 0 Å². The van der Waals surface area contributed by atoms with Crippen LogP contribution in [-0.4, -0.2) is 30.0 Å². The van der Waals surface area contributed by atoms with E-state index in [1.165, 1.54) is 0 Å². The average molecular weight is 161 g/mol. The number of ether oxygens (including phenoxy) is 1. The largest absolute Gasteiger partial charge is 0.447 e. The molecule has 0 heterocycles. The maximum Gasteiger partial charge on any atom is 0.407 e. The van der Waals surface area contributed by atoms with Crippen molar-refractivity contribution in [3.8, 4) is 0 Å². The molecule has 0 bridgehead atoms. The lowest BCUT2D eigenvalue weighted by molar-refractivity contribution is 0.108. The van der Waals surface area contributed by atoms with E-state index in [0.717, 1.165) is 0 Å². The minimum absolute atomic E-state index is 0.121. The monoisotopic (exact) mass is 161 g/mol. The summed E-state index contributed by atoms with van der Waals surface area (Å²) in [4.78, 5) is 10.7. The molecule has 4 nitrogen and oxygen atoms in total. The van der Waals surface area contributed by atoms with Crippen molar-refractivity contribution < 1.29 is 14.6 Å². The summed E-state index contributed by atoms with van der Waals surface area (Å²) in [5, 5.41) is 11.2. The van der Waals surface area contributed by atoms with E-state index in [2.05, 4.69) is 5.32 Å². The number of aliphatic hydroxyl groups excluding tert-OH is 1. The first-order valence-electron chi connectivity index (χ1n) is 3.65. The molecule has 11 heavy (non-hydrogen) atoms. The Bertz CT molecular complexity index is 123. The quantitative estimate of drug-likeness (QED) is 0.633. The van der Waals surface area contributed by atoms with Crippen LogP contribution >= 0.6 is 0 Å². The highest BCUT2D eigenvalue weighted by Gasteiger charge is 2.04. The molecule has 0 rings (SSSR count). The lowest BCUT2D eigenvalue weighted by Crippen LogP contribution is -2.32. The Morgan fingerprint density at radius 1 is 1.55 bits per heavy atom. The maximum atomic E-state index is 10.7. The molecule has 0 saturated heterocycles. The van der Waals surface area contributed by atoms with Crippen LogP contribution in [0.1, 0.15) is 20.8 Å². The van der Waals surface area contributed by atoms with Crippen LogP contribution < -0.4 is 5.32 Å². The van der Waals surface area contributed by atoms with E-state index < -0.39 is 12.2 Å². The average Bonchev–Trinajstić information content (AvgIpc) is 1.82. The van der Waals surface area contributed by atoms with Crippen LogP contribution in [-0.2, 0) is 4.74 Å². The van der Waals surface area contributed by atoms with Crippen LogP contribution in [0.3, 0.4) is 0 Å². The zero-order chi connectivity index (χ0) is 8.85. The first kappa shape index (κ1) is 10.2. The van der Waals surface area contributed by atoms with Gasteiger partial charge in [0.25, 0.3) is 0 Å². The molecule has 1 amide bonds. The molecule has 2 N–H and O–H groups in total. The number of rotatable bonds is 3. The molecule has 0 aliphatic rings. The van der Waals surface area contributed by atoms with E-state index >= 15 is 0 Å². The van der Waals surface area contributed by atoms with Gasteiger partial charge in [0.15, 0.2) is 0 Å². The van der Waals surface area contributed by atoms with Crippen molar-refractivity contribution in [1.82, 2.24) is 5.32 Å². The molecule has 1 unspecified atom stereocenters. The Kier molecular flexibility index (Phi) is 4.61. The maximum absolute atomic E-state index is 10.7. The van der Waals surface area contributed by atoms with Crippen molar-refractivity contribution in [2.45, 2.75) is 33.0 Å². The van der Waals surface area contributed by atoms with Crippen LogP contribution in [0.2, 0.25) is 0 Å². The van der Waals surface area contributed by atoms with Crippen molar-refractivity contribution in [2.24, 2.45) is 0 Å². The highest BCUT2D eigenvalue weighted by atomic mass is 16.6. The first-order chi connectivity index (χ1) is 5.02. The Morgan fingerprint density at radius 3 is 2.45 bits per heavy atom. The standard InChI is InChI=1S/C7H15NO3/c1-5(2)11-7(10)8-4-6(3)9/h5-6,9H,4H2,1-3H3,(H,8,10). The molecule has 0 aliphatic heterocycles. The van der Waals surface area contributed by atoms with Gasteiger partial charge in [-0.05, 0) is 20.8 Å². The van der Waals surface area contributed by atoms with Crippen LogP contribution in [0.5, 0.6) is 0 Å². The van der Waals surface area contributed by atoms with Crippen LogP contribution in [0, 0.1) is 0 Å². The summed E-state index contributed by atoms with van der Waals surface area (Å²) in [6.07, 6.45) is -1.14. The number of alkyl carbamates (subject to hydrolysis) is 1. The second-order valence-electron chi connectivity index (χ2n) is 2.68. The molecular weight excluding hydrogens is 146 g/mol. The molecular formula is C7H15NO3. The number of carbonyl (C=O) groups is 1. The Labute approximate surface area is 66.5 Å². The predicted octanol–water partition coefficient (Wildman–Crippen LogP) is 0.502. The van der Waals surface area contributed by atoms with E-state index in [0.29, 0.717) is 0 Å². The van der Waals surface area contributed by atoms with Gasteiger partial charge in [0.05, 0.1) is 12.2 Å². The van der Waals surface area contributed by atoms with Crippen molar-refractivity contribution in [3.63, 3.8) is 0 Å². The number of carbonyl (C=O) groups excluding carboxylic acids is 1. The number of nitrogens with one attached hydrogen (secondary N) is 1. The van der Waals surface area contributed by atoms with Crippen molar-refractivity contribution >= 4 is 6.09 Å². The first-order valence-corrected chi connectivity index (χ1v) is 3.65. The van der Waals surface area contributed by atoms with Gasteiger partial charge in [-0.25, -0.2) is 4.79 Å². The van der Waals surface area contributed by atoms with E-state index in [9.17, 15) is 4.79 Å². The number of hydrogen-bond donors (Lipinski definition) is 2. The van der Waals surface area contributed by atoms with Gasteiger partial charge < -0.3 is 15.2 Å². The zero-order valence-electron chi connectivity index (χ0n) is 7.13. The molecule has 0 aliphatic carbocycles. The molecule has 0 saturated carbocycles. The fraction of sp³-hybridized carbons (Fsp3) is 0.857. The number of aliphatic hydroxyl groups is 1. The van der Waals surface area contributed by atoms with Gasteiger partial charge in [0.2, 0.25) is 0 Å². The fourth-order valence-corrected chi connectivity index (χ4v) is 0.487. The minimum atomic E-state index is -0.533. The summed E-state index contributed by atoms with van der Waals surface area (Å²) in [6, 6.07) is 0. The third-order valence-electron chi connectivity index (χ3n) is 0.885. The lowest BCUT2D eigenvalue weighted by atomic mass is 10.4. The summed E-state index contributed by atoms with van der Waals surface area (Å²) in [6.45, 7) is 5.35. The molecule has 0 radical (unpaired) electrons. The Balaban J connectivity index is 3.38. The normalized spacial score (nSPS) is 12.8. The van der Waals surface area contributed by atoms with Gasteiger partial charge in [-0.3, -0.25) is 0 Å². The van der Waals surface area contributed by atoms with Crippen LogP contribution in [0.4, 0.5) is 4.79 Å². The lowest BCUT2D eigenvalue weighted by Gasteiger charge is -2.10. The second kappa shape index (κ2) is 4.96. The molecule has 0 spiro atoms. The molecule has 4 heteroatoms. The van der Waals surface area contributed by atoms with Gasteiger partial charge in [-0.15, -0.1) is 0 Å². The Morgan fingerprint density at radius 2 is 2.09 bits per heavy atom. The summed E-state index contributed by atoms with van der Waals surface area (Å²) < 4.78 is 4.74. The van der Waals surface area contributed by atoms with Crippen LogP contribution in [0.15, 0.2) is 0 Å². The molecule has 0 aromatic rings. The Hall–Kier alpha value is -0.770. The highest BCUT2D eigenvalue weighted by molar-refractivity contribution is 5.67. The zero-order valence-corrected chi connectivity index (χ0v) is 7.13. The fourth-order valence-electron chi connectivity index (χ4n) is 0.487. The SMILES string of the molecule is CC(O)CNC(=O)OC(C)C. The van der Waals surface area contributed by atoms with Crippen molar-refractivity contribution in [3.05, 3.63) is 0 Å². The topological polar surface area (TPSA) is 58.6 Å². The summed E-state index contributed by atoms with van der Waals surface area (Å²) >= 11 is 0. The highest BCUT2D eigenvalue weighted by Crippen LogP contribution is 1.87. The van der Waals surface area contributed by atoms with E-state index in [-0.39, 0.29) is 12.6 Å². The minimum Gasteiger partial charge on any atom is -0.447 e. The second-order valence-corrected chi connectivity index (χ2v) is 2.68. The van der Waals surface area contributed by atoms with Gasteiger partial charge >= 0.3 is 6.09 Å². The van der Waals surface area contributed by atoms with Crippen molar-refractivity contribution in [1.29, 1.82) is 0 Å². The number of hydrogen-bond acceptors (Lipinski definition) is 3. The molecule has 1 atom stereocenters. The van der Waals surface area contributed by atoms with Gasteiger partial charge in [0, 0.05) is 6.54 Å². The van der Waals surface area contributed by atoms with Crippen molar-refractivity contribution in [2.75, 3.05) is 6.54 Å². The van der Waals surface area contributed by atoms with E-state index in [1.807, 2.05) is 0 Å². The summed E-state index contributed by atoms with van der Waals surface area (Å²) in [5.74, 6) is 0. The summed E-state index contributed by atoms with van der Waals surface area (Å²) in [5.41, 5.74) is 0. The molecule has 0 aromatic carbocycles. The third-order valence-corrected chi connectivity index (χ3v) is 0.885. The van der Waals surface area contributed by atoms with E-state index in [1.54, 1.807) is 20.8 Å². The molecule has 66 valence electrons.